The van der Waals surface area contributed by atoms with E-state index in [1.807, 2.05) is 18.2 Å². The first-order valence-electron chi connectivity index (χ1n) is 8.35. The highest BCUT2D eigenvalue weighted by molar-refractivity contribution is 5.85. The fraction of sp³-hybridized carbons (Fsp3) is 0.471. The molecule has 1 heterocycles. The highest BCUT2D eigenvalue weighted by Gasteiger charge is 2.16. The van der Waals surface area contributed by atoms with Crippen LogP contribution in [-0.2, 0) is 17.8 Å². The van der Waals surface area contributed by atoms with Gasteiger partial charge in [0, 0.05) is 19.5 Å². The molecular formula is C17H28Cl2N6O3. The molecule has 1 aromatic heterocycles. The van der Waals surface area contributed by atoms with Gasteiger partial charge >= 0.3 is 0 Å². The monoisotopic (exact) mass is 434 g/mol. The maximum atomic E-state index is 11.9. The van der Waals surface area contributed by atoms with E-state index in [0.717, 1.165) is 5.56 Å². The predicted octanol–water partition coefficient (Wildman–Crippen LogP) is 0.824. The Kier molecular flexibility index (Phi) is 11.5. The zero-order valence-corrected chi connectivity index (χ0v) is 17.8. The van der Waals surface area contributed by atoms with Crippen molar-refractivity contribution in [2.24, 2.45) is 11.5 Å². The van der Waals surface area contributed by atoms with E-state index in [4.69, 9.17) is 20.9 Å². The number of amides is 1. The van der Waals surface area contributed by atoms with Crippen LogP contribution in [0.25, 0.3) is 0 Å². The number of hydrogen-bond donors (Lipinski definition) is 3. The average molecular weight is 435 g/mol. The van der Waals surface area contributed by atoms with Crippen molar-refractivity contribution in [3.05, 3.63) is 35.4 Å². The van der Waals surface area contributed by atoms with Crippen LogP contribution in [0.3, 0.4) is 0 Å². The largest absolute Gasteiger partial charge is 0.493 e. The zero-order valence-electron chi connectivity index (χ0n) is 16.2. The lowest BCUT2D eigenvalue weighted by Crippen LogP contribution is -2.33. The van der Waals surface area contributed by atoms with E-state index in [1.165, 1.54) is 4.68 Å². The van der Waals surface area contributed by atoms with Crippen molar-refractivity contribution in [2.75, 3.05) is 27.3 Å². The van der Waals surface area contributed by atoms with Crippen LogP contribution in [0.5, 0.6) is 11.5 Å². The molecule has 0 aliphatic rings. The second-order valence-corrected chi connectivity index (χ2v) is 5.84. The van der Waals surface area contributed by atoms with Gasteiger partial charge in [-0.1, -0.05) is 6.07 Å². The molecule has 2 rings (SSSR count). The summed E-state index contributed by atoms with van der Waals surface area (Å²) in [4.78, 5) is 16.4. The fourth-order valence-corrected chi connectivity index (χ4v) is 2.51. The first-order chi connectivity index (χ1) is 12.5. The minimum absolute atomic E-state index is 0. The minimum atomic E-state index is -0.344. The van der Waals surface area contributed by atoms with Gasteiger partial charge in [0.15, 0.2) is 17.3 Å². The van der Waals surface area contributed by atoms with Gasteiger partial charge in [0.05, 0.1) is 20.3 Å². The van der Waals surface area contributed by atoms with Crippen molar-refractivity contribution in [1.29, 1.82) is 0 Å². The van der Waals surface area contributed by atoms with Gasteiger partial charge in [0.1, 0.15) is 12.4 Å². The van der Waals surface area contributed by atoms with Crippen LogP contribution >= 0.6 is 24.8 Å². The highest BCUT2D eigenvalue weighted by Crippen LogP contribution is 2.28. The highest BCUT2D eigenvalue weighted by atomic mass is 35.5. The molecule has 0 bridgehead atoms. The smallest absolute Gasteiger partial charge is 0.241 e. The lowest BCUT2D eigenvalue weighted by Gasteiger charge is -2.08. The molecule has 11 heteroatoms. The number of methoxy groups -OCH3 is 2. The van der Waals surface area contributed by atoms with Crippen molar-refractivity contribution in [1.82, 2.24) is 20.1 Å². The fourth-order valence-electron chi connectivity index (χ4n) is 2.51. The minimum Gasteiger partial charge on any atom is -0.493 e. The molecule has 28 heavy (non-hydrogen) atoms. The van der Waals surface area contributed by atoms with E-state index >= 15 is 0 Å². The molecule has 1 amide bonds. The van der Waals surface area contributed by atoms with E-state index in [1.54, 1.807) is 21.1 Å². The molecular weight excluding hydrogens is 407 g/mol. The SMILES string of the molecule is COc1ccc(Cc2nc([C@@H](C)N)n(CC(=O)NCCN)n2)cc1OC.Cl.Cl. The number of carbonyl (C=O) groups is 1. The number of ether oxygens (including phenoxy) is 2. The van der Waals surface area contributed by atoms with Crippen molar-refractivity contribution >= 4 is 30.7 Å². The van der Waals surface area contributed by atoms with Crippen LogP contribution in [0.15, 0.2) is 18.2 Å². The van der Waals surface area contributed by atoms with Crippen LogP contribution in [0, 0.1) is 0 Å². The summed E-state index contributed by atoms with van der Waals surface area (Å²) in [5, 5.41) is 7.14. The first kappa shape index (κ1) is 25.9. The second-order valence-electron chi connectivity index (χ2n) is 5.84. The molecule has 0 fully saturated rings. The van der Waals surface area contributed by atoms with Crippen LogP contribution in [0.2, 0.25) is 0 Å². The van der Waals surface area contributed by atoms with Gasteiger partial charge in [-0.05, 0) is 24.6 Å². The summed E-state index contributed by atoms with van der Waals surface area (Å²) in [7, 11) is 3.17. The number of aromatic nitrogens is 3. The Hall–Kier alpha value is -2.07. The molecule has 158 valence electrons. The molecule has 0 aliphatic heterocycles. The summed E-state index contributed by atoms with van der Waals surface area (Å²) >= 11 is 0. The first-order valence-corrected chi connectivity index (χ1v) is 8.35. The van der Waals surface area contributed by atoms with E-state index in [-0.39, 0.29) is 43.3 Å². The van der Waals surface area contributed by atoms with Crippen molar-refractivity contribution in [3.8, 4) is 11.5 Å². The van der Waals surface area contributed by atoms with Crippen LogP contribution in [-0.4, -0.2) is 48.0 Å². The number of hydrogen-bond acceptors (Lipinski definition) is 7. The van der Waals surface area contributed by atoms with Crippen molar-refractivity contribution in [3.63, 3.8) is 0 Å². The Morgan fingerprint density at radius 3 is 2.50 bits per heavy atom. The van der Waals surface area contributed by atoms with Gasteiger partial charge in [-0.2, -0.15) is 5.10 Å². The number of halogens is 2. The number of rotatable bonds is 9. The molecule has 9 nitrogen and oxygen atoms in total. The van der Waals surface area contributed by atoms with Gasteiger partial charge in [-0.15, -0.1) is 24.8 Å². The summed E-state index contributed by atoms with van der Waals surface area (Å²) in [5.41, 5.74) is 12.3. The molecule has 0 saturated carbocycles. The van der Waals surface area contributed by atoms with Crippen molar-refractivity contribution in [2.45, 2.75) is 25.9 Å². The van der Waals surface area contributed by atoms with Gasteiger partial charge < -0.3 is 26.3 Å². The van der Waals surface area contributed by atoms with Crippen molar-refractivity contribution < 1.29 is 14.3 Å². The maximum absolute atomic E-state index is 11.9. The molecule has 1 aromatic carbocycles. The normalized spacial score (nSPS) is 11.0. The van der Waals surface area contributed by atoms with Crippen LogP contribution < -0.4 is 26.3 Å². The molecule has 0 radical (unpaired) electrons. The summed E-state index contributed by atoms with van der Waals surface area (Å²) in [6, 6.07) is 5.28. The van der Waals surface area contributed by atoms with Gasteiger partial charge in [-0.25, -0.2) is 9.67 Å². The molecule has 0 aliphatic carbocycles. The van der Waals surface area contributed by atoms with E-state index < -0.39 is 0 Å². The average Bonchev–Trinajstić information content (AvgIpc) is 3.02. The third-order valence-corrected chi connectivity index (χ3v) is 3.72. The lowest BCUT2D eigenvalue weighted by atomic mass is 10.1. The third kappa shape index (κ3) is 6.83. The molecule has 2 aromatic rings. The van der Waals surface area contributed by atoms with Gasteiger partial charge in [0.25, 0.3) is 0 Å². The summed E-state index contributed by atoms with van der Waals surface area (Å²) in [6.07, 6.45) is 0.484. The molecule has 5 N–H and O–H groups in total. The molecule has 0 unspecified atom stereocenters. The summed E-state index contributed by atoms with van der Waals surface area (Å²) in [5.74, 6) is 2.25. The van der Waals surface area contributed by atoms with Gasteiger partial charge in [0.2, 0.25) is 5.91 Å². The van der Waals surface area contributed by atoms with Gasteiger partial charge in [-0.3, -0.25) is 4.79 Å². The Labute approximate surface area is 177 Å². The number of benzene rings is 1. The summed E-state index contributed by atoms with van der Waals surface area (Å²) < 4.78 is 12.1. The molecule has 0 spiro atoms. The Morgan fingerprint density at radius 2 is 1.93 bits per heavy atom. The number of nitrogens with two attached hydrogens (primary N) is 2. The van der Waals surface area contributed by atoms with Crippen LogP contribution in [0.4, 0.5) is 0 Å². The topological polar surface area (TPSA) is 130 Å². The van der Waals surface area contributed by atoms with E-state index in [2.05, 4.69) is 15.4 Å². The standard InChI is InChI=1S/C17H26N6O3.2ClH/c1-11(19)17-21-15(22-23(17)10-16(24)20-7-6-18)9-12-4-5-13(25-2)14(8-12)26-3;;/h4-5,8,11H,6-7,9-10,18-19H2,1-3H3,(H,20,24);2*1H/t11-;;/m1../s1. The number of nitrogens with zero attached hydrogens (tertiary/aromatic N) is 3. The second kappa shape index (κ2) is 12.4. The number of carbonyl (C=O) groups excluding carboxylic acids is 1. The molecule has 1 atom stereocenters. The number of nitrogens with one attached hydrogen (secondary N) is 1. The maximum Gasteiger partial charge on any atom is 0.241 e. The van der Waals surface area contributed by atoms with E-state index in [9.17, 15) is 4.79 Å². The third-order valence-electron chi connectivity index (χ3n) is 3.72. The summed E-state index contributed by atoms with van der Waals surface area (Å²) in [6.45, 7) is 2.65. The Morgan fingerprint density at radius 1 is 1.25 bits per heavy atom. The lowest BCUT2D eigenvalue weighted by molar-refractivity contribution is -0.121. The van der Waals surface area contributed by atoms with E-state index in [0.29, 0.717) is 42.7 Å². The quantitative estimate of drug-likeness (QED) is 0.532. The van der Waals surface area contributed by atoms with Crippen LogP contribution in [0.1, 0.15) is 30.2 Å². The Bertz CT molecular complexity index is 754. The zero-order chi connectivity index (χ0) is 19.1. The molecule has 0 saturated heterocycles. The predicted molar refractivity (Wildman–Crippen MR) is 112 cm³/mol. The Balaban J connectivity index is 0.00000364.